The maximum absolute atomic E-state index is 12.9. The van der Waals surface area contributed by atoms with Crippen molar-refractivity contribution in [3.05, 3.63) is 41.5 Å². The molecule has 1 saturated heterocycles. The van der Waals surface area contributed by atoms with Gasteiger partial charge in [-0.1, -0.05) is 0 Å². The summed E-state index contributed by atoms with van der Waals surface area (Å²) in [5.41, 5.74) is 2.32. The SMILES string of the molecule is COc1cc(C)c(S(=O)(=O)Nc2ccc(N3CCCC3=O)c(OC)c2)cc1C. The molecule has 7 nitrogen and oxygen atoms in total. The number of hydrogen-bond donors (Lipinski definition) is 1. The zero-order valence-electron chi connectivity index (χ0n) is 16.4. The van der Waals surface area contributed by atoms with E-state index in [0.717, 1.165) is 12.0 Å². The molecule has 2 aromatic carbocycles. The number of ether oxygens (including phenoxy) is 2. The fourth-order valence-electron chi connectivity index (χ4n) is 3.35. The molecular weight excluding hydrogens is 380 g/mol. The Kier molecular flexibility index (Phi) is 5.51. The Hall–Kier alpha value is -2.74. The van der Waals surface area contributed by atoms with Crippen LogP contribution in [0.5, 0.6) is 11.5 Å². The second-order valence-electron chi connectivity index (χ2n) is 6.73. The van der Waals surface area contributed by atoms with Crippen LogP contribution >= 0.6 is 0 Å². The molecule has 3 rings (SSSR count). The van der Waals surface area contributed by atoms with Gasteiger partial charge in [-0.2, -0.15) is 0 Å². The first kappa shape index (κ1) is 20.0. The molecule has 28 heavy (non-hydrogen) atoms. The molecular formula is C20H24N2O5S. The predicted octanol–water partition coefficient (Wildman–Crippen LogP) is 3.25. The maximum atomic E-state index is 12.9. The lowest BCUT2D eigenvalue weighted by Crippen LogP contribution is -2.24. The molecule has 1 fully saturated rings. The largest absolute Gasteiger partial charge is 0.496 e. The number of amides is 1. The second kappa shape index (κ2) is 7.71. The summed E-state index contributed by atoms with van der Waals surface area (Å²) < 4.78 is 39.1. The van der Waals surface area contributed by atoms with Crippen molar-refractivity contribution in [2.75, 3.05) is 30.4 Å². The van der Waals surface area contributed by atoms with E-state index in [1.807, 2.05) is 0 Å². The highest BCUT2D eigenvalue weighted by Gasteiger charge is 2.25. The number of nitrogens with zero attached hydrogens (tertiary/aromatic N) is 1. The lowest BCUT2D eigenvalue weighted by atomic mass is 10.1. The summed E-state index contributed by atoms with van der Waals surface area (Å²) >= 11 is 0. The third kappa shape index (κ3) is 3.77. The minimum Gasteiger partial charge on any atom is -0.496 e. The number of hydrogen-bond acceptors (Lipinski definition) is 5. The molecule has 150 valence electrons. The highest BCUT2D eigenvalue weighted by atomic mass is 32.2. The van der Waals surface area contributed by atoms with Crippen LogP contribution in [0.3, 0.4) is 0 Å². The topological polar surface area (TPSA) is 84.9 Å². The van der Waals surface area contributed by atoms with E-state index < -0.39 is 10.0 Å². The van der Waals surface area contributed by atoms with Gasteiger partial charge >= 0.3 is 0 Å². The molecule has 1 amide bonds. The normalized spacial score (nSPS) is 14.3. The van der Waals surface area contributed by atoms with Crippen molar-refractivity contribution in [2.24, 2.45) is 0 Å². The Bertz CT molecular complexity index is 1020. The van der Waals surface area contributed by atoms with Crippen molar-refractivity contribution in [2.45, 2.75) is 31.6 Å². The third-order valence-electron chi connectivity index (χ3n) is 4.78. The van der Waals surface area contributed by atoms with E-state index in [9.17, 15) is 13.2 Å². The quantitative estimate of drug-likeness (QED) is 0.799. The molecule has 0 atom stereocenters. The van der Waals surface area contributed by atoms with Crippen LogP contribution in [0.1, 0.15) is 24.0 Å². The van der Waals surface area contributed by atoms with Crippen LogP contribution in [0, 0.1) is 13.8 Å². The second-order valence-corrected chi connectivity index (χ2v) is 8.38. The lowest BCUT2D eigenvalue weighted by molar-refractivity contribution is -0.117. The zero-order valence-corrected chi connectivity index (χ0v) is 17.2. The average molecular weight is 404 g/mol. The third-order valence-corrected chi connectivity index (χ3v) is 6.30. The fourth-order valence-corrected chi connectivity index (χ4v) is 4.71. The van der Waals surface area contributed by atoms with Crippen LogP contribution in [0.4, 0.5) is 11.4 Å². The highest BCUT2D eigenvalue weighted by Crippen LogP contribution is 2.35. The molecule has 0 spiro atoms. The van der Waals surface area contributed by atoms with E-state index in [1.54, 1.807) is 56.2 Å². The van der Waals surface area contributed by atoms with Gasteiger partial charge < -0.3 is 14.4 Å². The van der Waals surface area contributed by atoms with Crippen molar-refractivity contribution in [3.63, 3.8) is 0 Å². The number of carbonyl (C=O) groups is 1. The molecule has 1 heterocycles. The van der Waals surface area contributed by atoms with Gasteiger partial charge in [-0.15, -0.1) is 0 Å². The minimum atomic E-state index is -3.80. The molecule has 0 radical (unpaired) electrons. The van der Waals surface area contributed by atoms with E-state index in [-0.39, 0.29) is 10.8 Å². The highest BCUT2D eigenvalue weighted by molar-refractivity contribution is 7.92. The van der Waals surface area contributed by atoms with Crippen molar-refractivity contribution >= 4 is 27.3 Å². The summed E-state index contributed by atoms with van der Waals surface area (Å²) in [6.45, 7) is 4.14. The van der Waals surface area contributed by atoms with E-state index in [2.05, 4.69) is 4.72 Å². The standard InChI is InChI=1S/C20H24N2O5S/c1-13-11-19(14(2)10-17(13)26-3)28(24,25)21-15-7-8-16(18(12-15)27-4)22-9-5-6-20(22)23/h7-8,10-12,21H,5-6,9H2,1-4H3. The Morgan fingerprint density at radius 2 is 1.71 bits per heavy atom. The van der Waals surface area contributed by atoms with Gasteiger partial charge in [0.2, 0.25) is 5.91 Å². The number of aryl methyl sites for hydroxylation is 2. The fraction of sp³-hybridized carbons (Fsp3) is 0.350. The van der Waals surface area contributed by atoms with E-state index >= 15 is 0 Å². The van der Waals surface area contributed by atoms with Gasteiger partial charge in [-0.05, 0) is 55.7 Å². The summed E-state index contributed by atoms with van der Waals surface area (Å²) in [7, 11) is -0.757. The zero-order chi connectivity index (χ0) is 20.5. The molecule has 2 aromatic rings. The minimum absolute atomic E-state index is 0.0379. The Morgan fingerprint density at radius 3 is 2.32 bits per heavy atom. The van der Waals surface area contributed by atoms with E-state index in [1.165, 1.54) is 7.11 Å². The number of nitrogens with one attached hydrogen (secondary N) is 1. The summed E-state index contributed by atoms with van der Waals surface area (Å²) in [4.78, 5) is 13.9. The van der Waals surface area contributed by atoms with Crippen LogP contribution in [0.15, 0.2) is 35.2 Å². The summed E-state index contributed by atoms with van der Waals surface area (Å²) in [5.74, 6) is 1.12. The molecule has 1 N–H and O–H groups in total. The smallest absolute Gasteiger partial charge is 0.262 e. The molecule has 8 heteroatoms. The first-order valence-electron chi connectivity index (χ1n) is 8.93. The maximum Gasteiger partial charge on any atom is 0.262 e. The van der Waals surface area contributed by atoms with E-state index in [0.29, 0.717) is 41.4 Å². The Morgan fingerprint density at radius 1 is 1.00 bits per heavy atom. The van der Waals surface area contributed by atoms with Crippen molar-refractivity contribution in [3.8, 4) is 11.5 Å². The van der Waals surface area contributed by atoms with Crippen LogP contribution in [0.2, 0.25) is 0 Å². The molecule has 0 aromatic heterocycles. The molecule has 0 saturated carbocycles. The average Bonchev–Trinajstić information content (AvgIpc) is 3.08. The lowest BCUT2D eigenvalue weighted by Gasteiger charge is -2.20. The van der Waals surface area contributed by atoms with E-state index in [4.69, 9.17) is 9.47 Å². The number of methoxy groups -OCH3 is 2. The first-order valence-corrected chi connectivity index (χ1v) is 10.4. The van der Waals surface area contributed by atoms with Gasteiger partial charge in [0, 0.05) is 19.0 Å². The van der Waals surface area contributed by atoms with Gasteiger partial charge in [0.1, 0.15) is 11.5 Å². The van der Waals surface area contributed by atoms with Gasteiger partial charge in [0.25, 0.3) is 10.0 Å². The van der Waals surface area contributed by atoms with Crippen LogP contribution in [0.25, 0.3) is 0 Å². The van der Waals surface area contributed by atoms with Crippen LogP contribution < -0.4 is 19.1 Å². The summed E-state index contributed by atoms with van der Waals surface area (Å²) in [6, 6.07) is 8.21. The predicted molar refractivity (Wildman–Crippen MR) is 108 cm³/mol. The van der Waals surface area contributed by atoms with Gasteiger partial charge in [0.05, 0.1) is 30.5 Å². The monoisotopic (exact) mass is 404 g/mol. The Balaban J connectivity index is 1.93. The van der Waals surface area contributed by atoms with Crippen LogP contribution in [-0.2, 0) is 14.8 Å². The van der Waals surface area contributed by atoms with Crippen molar-refractivity contribution in [1.29, 1.82) is 0 Å². The van der Waals surface area contributed by atoms with Crippen molar-refractivity contribution < 1.29 is 22.7 Å². The number of benzene rings is 2. The molecule has 0 aliphatic carbocycles. The number of anilines is 2. The van der Waals surface area contributed by atoms with Crippen LogP contribution in [-0.4, -0.2) is 35.1 Å². The summed E-state index contributed by atoms with van der Waals surface area (Å²) in [5, 5.41) is 0. The molecule has 1 aliphatic rings. The molecule has 0 unspecified atom stereocenters. The first-order chi connectivity index (χ1) is 13.3. The molecule has 1 aliphatic heterocycles. The summed E-state index contributed by atoms with van der Waals surface area (Å²) in [6.07, 6.45) is 1.31. The van der Waals surface area contributed by atoms with Crippen molar-refractivity contribution in [1.82, 2.24) is 0 Å². The van der Waals surface area contributed by atoms with Gasteiger partial charge in [-0.25, -0.2) is 8.42 Å². The molecule has 0 bridgehead atoms. The number of sulfonamides is 1. The number of carbonyl (C=O) groups excluding carboxylic acids is 1. The van der Waals surface area contributed by atoms with Gasteiger partial charge in [0.15, 0.2) is 0 Å². The van der Waals surface area contributed by atoms with Gasteiger partial charge in [-0.3, -0.25) is 9.52 Å². The number of rotatable bonds is 6. The Labute approximate surface area is 165 Å².